The van der Waals surface area contributed by atoms with Crippen LogP contribution in [-0.2, 0) is 4.79 Å². The molecule has 1 amide bonds. The Labute approximate surface area is 73.0 Å². The van der Waals surface area contributed by atoms with Crippen LogP contribution >= 0.6 is 0 Å². The first-order valence-corrected chi connectivity index (χ1v) is 4.69. The first-order chi connectivity index (χ1) is 5.77. The molecule has 1 saturated heterocycles. The highest BCUT2D eigenvalue weighted by molar-refractivity contribution is 5.80. The van der Waals surface area contributed by atoms with Gasteiger partial charge in [0.1, 0.15) is 0 Å². The molecule has 2 nitrogen and oxygen atoms in total. The van der Waals surface area contributed by atoms with E-state index in [4.69, 9.17) is 0 Å². The Balaban J connectivity index is 2.19. The molecular weight excluding hydrogens is 150 g/mol. The van der Waals surface area contributed by atoms with E-state index in [-0.39, 0.29) is 11.4 Å². The van der Waals surface area contributed by atoms with Crippen LogP contribution in [-0.4, -0.2) is 11.4 Å². The normalized spacial score (nSPS) is 39.3. The molecule has 0 aromatic carbocycles. The molecule has 0 aromatic heterocycles. The molecule has 2 fully saturated rings. The Kier molecular flexibility index (Phi) is 1.71. The van der Waals surface area contributed by atoms with Gasteiger partial charge >= 0.3 is 0 Å². The topological polar surface area (TPSA) is 29.1 Å². The predicted molar refractivity (Wildman–Crippen MR) is 47.6 cm³/mol. The SMILES string of the molecule is C=CC[C@@]12CCC[C@@H]1CC(=O)N2. The Hall–Kier alpha value is -0.790. The summed E-state index contributed by atoms with van der Waals surface area (Å²) in [4.78, 5) is 11.2. The van der Waals surface area contributed by atoms with Gasteiger partial charge < -0.3 is 5.32 Å². The molecule has 12 heavy (non-hydrogen) atoms. The van der Waals surface area contributed by atoms with Crippen LogP contribution < -0.4 is 5.32 Å². The standard InChI is InChI=1S/C10H15NO/c1-2-5-10-6-3-4-8(10)7-9(12)11-10/h2,8H,1,3-7H2,(H,11,12)/t8-,10-/m1/s1. The third-order valence-electron chi connectivity index (χ3n) is 3.29. The van der Waals surface area contributed by atoms with Gasteiger partial charge in [-0.1, -0.05) is 12.5 Å². The minimum absolute atomic E-state index is 0.110. The van der Waals surface area contributed by atoms with E-state index >= 15 is 0 Å². The smallest absolute Gasteiger partial charge is 0.220 e. The van der Waals surface area contributed by atoms with Gasteiger partial charge in [0.25, 0.3) is 0 Å². The zero-order valence-corrected chi connectivity index (χ0v) is 7.31. The van der Waals surface area contributed by atoms with Gasteiger partial charge in [-0.15, -0.1) is 6.58 Å². The molecule has 2 rings (SSSR count). The molecule has 2 atom stereocenters. The summed E-state index contributed by atoms with van der Waals surface area (Å²) in [6.07, 6.45) is 7.25. The number of fused-ring (bicyclic) bond motifs is 1. The monoisotopic (exact) mass is 165 g/mol. The summed E-state index contributed by atoms with van der Waals surface area (Å²) in [5.41, 5.74) is 0.110. The zero-order valence-electron chi connectivity index (χ0n) is 7.31. The van der Waals surface area contributed by atoms with E-state index in [1.165, 1.54) is 12.8 Å². The van der Waals surface area contributed by atoms with E-state index in [2.05, 4.69) is 11.9 Å². The minimum Gasteiger partial charge on any atom is -0.350 e. The predicted octanol–water partition coefficient (Wildman–Crippen LogP) is 1.62. The highest BCUT2D eigenvalue weighted by Gasteiger charge is 2.48. The number of hydrogen-bond donors (Lipinski definition) is 1. The summed E-state index contributed by atoms with van der Waals surface area (Å²) in [6.45, 7) is 3.75. The Morgan fingerprint density at radius 1 is 1.75 bits per heavy atom. The Morgan fingerprint density at radius 3 is 3.33 bits per heavy atom. The molecule has 1 aliphatic heterocycles. The highest BCUT2D eigenvalue weighted by atomic mass is 16.2. The van der Waals surface area contributed by atoms with Crippen molar-refractivity contribution < 1.29 is 4.79 Å². The van der Waals surface area contributed by atoms with Crippen LogP contribution in [0.15, 0.2) is 12.7 Å². The molecule has 66 valence electrons. The minimum atomic E-state index is 0.110. The van der Waals surface area contributed by atoms with E-state index in [0.717, 1.165) is 19.3 Å². The molecule has 0 unspecified atom stereocenters. The molecule has 0 bridgehead atoms. The van der Waals surface area contributed by atoms with Gasteiger partial charge in [0, 0.05) is 12.0 Å². The molecule has 1 saturated carbocycles. The highest BCUT2D eigenvalue weighted by Crippen LogP contribution is 2.44. The molecule has 1 N–H and O–H groups in total. The average molecular weight is 165 g/mol. The largest absolute Gasteiger partial charge is 0.350 e. The molecule has 0 aromatic rings. The van der Waals surface area contributed by atoms with E-state index in [1.807, 2.05) is 6.08 Å². The summed E-state index contributed by atoms with van der Waals surface area (Å²) in [6, 6.07) is 0. The molecule has 0 spiro atoms. The quantitative estimate of drug-likeness (QED) is 0.619. The van der Waals surface area contributed by atoms with Gasteiger partial charge in [-0.05, 0) is 25.2 Å². The van der Waals surface area contributed by atoms with Crippen LogP contribution in [0, 0.1) is 5.92 Å². The van der Waals surface area contributed by atoms with Gasteiger partial charge in [0.05, 0.1) is 0 Å². The van der Waals surface area contributed by atoms with Crippen molar-refractivity contribution in [3.05, 3.63) is 12.7 Å². The van der Waals surface area contributed by atoms with Gasteiger partial charge in [-0.2, -0.15) is 0 Å². The van der Waals surface area contributed by atoms with Crippen LogP contribution in [0.4, 0.5) is 0 Å². The van der Waals surface area contributed by atoms with Crippen LogP contribution in [0.1, 0.15) is 32.1 Å². The average Bonchev–Trinajstić information content (AvgIpc) is 2.44. The van der Waals surface area contributed by atoms with Gasteiger partial charge in [0.2, 0.25) is 5.91 Å². The van der Waals surface area contributed by atoms with Gasteiger partial charge in [-0.3, -0.25) is 4.79 Å². The van der Waals surface area contributed by atoms with Crippen molar-refractivity contribution in [1.82, 2.24) is 5.32 Å². The number of rotatable bonds is 2. The van der Waals surface area contributed by atoms with Gasteiger partial charge in [-0.25, -0.2) is 0 Å². The maximum Gasteiger partial charge on any atom is 0.220 e. The zero-order chi connectivity index (χ0) is 8.60. The van der Waals surface area contributed by atoms with Crippen molar-refractivity contribution in [3.8, 4) is 0 Å². The number of nitrogens with one attached hydrogen (secondary N) is 1. The van der Waals surface area contributed by atoms with Gasteiger partial charge in [0.15, 0.2) is 0 Å². The lowest BCUT2D eigenvalue weighted by Crippen LogP contribution is -2.42. The molecular formula is C10H15NO. The molecule has 2 aliphatic rings. The fourth-order valence-corrected chi connectivity index (χ4v) is 2.74. The van der Waals surface area contributed by atoms with Crippen molar-refractivity contribution in [3.63, 3.8) is 0 Å². The molecule has 2 heteroatoms. The lowest BCUT2D eigenvalue weighted by Gasteiger charge is -2.27. The Bertz CT molecular complexity index is 224. The fraction of sp³-hybridized carbons (Fsp3) is 0.700. The summed E-state index contributed by atoms with van der Waals surface area (Å²) >= 11 is 0. The second-order valence-electron chi connectivity index (χ2n) is 3.99. The van der Waals surface area contributed by atoms with Crippen LogP contribution in [0.25, 0.3) is 0 Å². The fourth-order valence-electron chi connectivity index (χ4n) is 2.74. The van der Waals surface area contributed by atoms with Crippen molar-refractivity contribution in [2.75, 3.05) is 0 Å². The number of hydrogen-bond acceptors (Lipinski definition) is 1. The van der Waals surface area contributed by atoms with Crippen LogP contribution in [0.5, 0.6) is 0 Å². The number of carbonyl (C=O) groups excluding carboxylic acids is 1. The Morgan fingerprint density at radius 2 is 2.58 bits per heavy atom. The van der Waals surface area contributed by atoms with Crippen molar-refractivity contribution in [1.29, 1.82) is 0 Å². The van der Waals surface area contributed by atoms with E-state index < -0.39 is 0 Å². The second kappa shape index (κ2) is 2.61. The van der Waals surface area contributed by atoms with Crippen molar-refractivity contribution in [2.45, 2.75) is 37.6 Å². The van der Waals surface area contributed by atoms with E-state index in [9.17, 15) is 4.79 Å². The van der Waals surface area contributed by atoms with E-state index in [0.29, 0.717) is 5.92 Å². The van der Waals surface area contributed by atoms with E-state index in [1.54, 1.807) is 0 Å². The second-order valence-corrected chi connectivity index (χ2v) is 3.99. The lowest BCUT2D eigenvalue weighted by atomic mass is 9.86. The summed E-state index contributed by atoms with van der Waals surface area (Å²) < 4.78 is 0. The number of carbonyl (C=O) groups is 1. The van der Waals surface area contributed by atoms with Crippen molar-refractivity contribution in [2.24, 2.45) is 5.92 Å². The number of amides is 1. The van der Waals surface area contributed by atoms with Crippen LogP contribution in [0.2, 0.25) is 0 Å². The first-order valence-electron chi connectivity index (χ1n) is 4.69. The van der Waals surface area contributed by atoms with Crippen molar-refractivity contribution >= 4 is 5.91 Å². The van der Waals surface area contributed by atoms with Crippen LogP contribution in [0.3, 0.4) is 0 Å². The third-order valence-corrected chi connectivity index (χ3v) is 3.29. The molecule has 0 radical (unpaired) electrons. The molecule has 1 heterocycles. The summed E-state index contributed by atoms with van der Waals surface area (Å²) in [5, 5.41) is 3.12. The lowest BCUT2D eigenvalue weighted by molar-refractivity contribution is -0.120. The maximum atomic E-state index is 11.2. The molecule has 1 aliphatic carbocycles. The summed E-state index contributed by atoms with van der Waals surface area (Å²) in [5.74, 6) is 0.824. The first kappa shape index (κ1) is 7.84. The summed E-state index contributed by atoms with van der Waals surface area (Å²) in [7, 11) is 0. The third kappa shape index (κ3) is 0.977. The maximum absolute atomic E-state index is 11.2.